The molecule has 1 aromatic carbocycles. The van der Waals surface area contributed by atoms with Crippen molar-refractivity contribution in [2.45, 2.75) is 6.04 Å². The smallest absolute Gasteiger partial charge is 0.328 e. The second-order valence-corrected chi connectivity index (χ2v) is 5.27. The normalized spacial score (nSPS) is 11.7. The number of aliphatic hydroxyl groups excluding tert-OH is 1. The van der Waals surface area contributed by atoms with E-state index < -0.39 is 24.5 Å². The van der Waals surface area contributed by atoms with Crippen molar-refractivity contribution in [3.63, 3.8) is 0 Å². The fourth-order valence-corrected chi connectivity index (χ4v) is 2.32. The van der Waals surface area contributed by atoms with Crippen molar-refractivity contribution in [3.05, 3.63) is 27.1 Å². The Hall–Kier alpha value is -1.12. The van der Waals surface area contributed by atoms with E-state index in [0.717, 1.165) is 4.47 Å². The van der Waals surface area contributed by atoms with Gasteiger partial charge in [0.1, 0.15) is 11.8 Å². The zero-order valence-electron chi connectivity index (χ0n) is 9.60. The zero-order chi connectivity index (χ0) is 14.4. The summed E-state index contributed by atoms with van der Waals surface area (Å²) >= 11 is 6.54. The van der Waals surface area contributed by atoms with Crippen molar-refractivity contribution in [1.82, 2.24) is 5.32 Å². The van der Waals surface area contributed by atoms with Gasteiger partial charge in [0.25, 0.3) is 5.91 Å². The molecule has 0 saturated heterocycles. The summed E-state index contributed by atoms with van der Waals surface area (Å²) in [5, 5.41) is 19.5. The van der Waals surface area contributed by atoms with E-state index in [-0.39, 0.29) is 6.61 Å². The number of aliphatic hydroxyl groups is 1. The lowest BCUT2D eigenvalue weighted by Crippen LogP contribution is -2.45. The third-order valence-corrected chi connectivity index (χ3v) is 3.18. The van der Waals surface area contributed by atoms with Crippen LogP contribution in [-0.2, 0) is 9.59 Å². The monoisotopic (exact) mass is 395 g/mol. The number of rotatable bonds is 6. The summed E-state index contributed by atoms with van der Waals surface area (Å²) in [6.07, 6.45) is 0. The van der Waals surface area contributed by atoms with Crippen LogP contribution in [0.4, 0.5) is 0 Å². The molecule has 0 heterocycles. The van der Waals surface area contributed by atoms with Gasteiger partial charge in [-0.3, -0.25) is 4.79 Å². The molecule has 1 atom stereocenters. The lowest BCUT2D eigenvalue weighted by molar-refractivity contribution is -0.143. The topological polar surface area (TPSA) is 95.9 Å². The van der Waals surface area contributed by atoms with Crippen LogP contribution in [0, 0.1) is 0 Å². The highest BCUT2D eigenvalue weighted by Gasteiger charge is 2.18. The molecule has 6 nitrogen and oxygen atoms in total. The SMILES string of the molecule is O=C(COc1ccc(Br)cc1Br)N[C@@H](CO)C(=O)O. The molecule has 3 N–H and O–H groups in total. The number of aliphatic carboxylic acids is 1. The fourth-order valence-electron chi connectivity index (χ4n) is 1.16. The molecular formula is C11H11Br2NO5. The number of amides is 1. The van der Waals surface area contributed by atoms with Crippen LogP contribution in [0.1, 0.15) is 0 Å². The molecule has 0 spiro atoms. The minimum Gasteiger partial charge on any atom is -0.483 e. The number of ether oxygens (including phenoxy) is 1. The van der Waals surface area contributed by atoms with E-state index in [9.17, 15) is 9.59 Å². The number of nitrogens with one attached hydrogen (secondary N) is 1. The largest absolute Gasteiger partial charge is 0.483 e. The number of hydrogen-bond donors (Lipinski definition) is 3. The van der Waals surface area contributed by atoms with Crippen molar-refractivity contribution >= 4 is 43.7 Å². The third-order valence-electron chi connectivity index (χ3n) is 2.07. The summed E-state index contributed by atoms with van der Waals surface area (Å²) in [5.41, 5.74) is 0. The molecule has 0 saturated carbocycles. The summed E-state index contributed by atoms with van der Waals surface area (Å²) in [4.78, 5) is 22.0. The average molecular weight is 397 g/mol. The van der Waals surface area contributed by atoms with E-state index in [2.05, 4.69) is 37.2 Å². The molecule has 0 aromatic heterocycles. The highest BCUT2D eigenvalue weighted by atomic mass is 79.9. The van der Waals surface area contributed by atoms with Gasteiger partial charge in [-0.2, -0.15) is 0 Å². The summed E-state index contributed by atoms with van der Waals surface area (Å²) < 4.78 is 6.73. The molecule has 19 heavy (non-hydrogen) atoms. The van der Waals surface area contributed by atoms with Crippen LogP contribution >= 0.6 is 31.9 Å². The van der Waals surface area contributed by atoms with Gasteiger partial charge in [-0.05, 0) is 34.1 Å². The van der Waals surface area contributed by atoms with Crippen LogP contribution < -0.4 is 10.1 Å². The number of carbonyl (C=O) groups is 2. The van der Waals surface area contributed by atoms with Crippen molar-refractivity contribution < 1.29 is 24.5 Å². The number of carbonyl (C=O) groups excluding carboxylic acids is 1. The number of benzene rings is 1. The molecule has 1 aromatic rings. The van der Waals surface area contributed by atoms with Crippen molar-refractivity contribution in [2.75, 3.05) is 13.2 Å². The van der Waals surface area contributed by atoms with Gasteiger partial charge >= 0.3 is 5.97 Å². The number of halogens is 2. The first-order chi connectivity index (χ1) is 8.93. The summed E-state index contributed by atoms with van der Waals surface area (Å²) in [6.45, 7) is -1.02. The molecule has 0 bridgehead atoms. The van der Waals surface area contributed by atoms with Gasteiger partial charge in [-0.1, -0.05) is 15.9 Å². The Balaban J connectivity index is 2.52. The van der Waals surface area contributed by atoms with Crippen molar-refractivity contribution in [3.8, 4) is 5.75 Å². The first-order valence-electron chi connectivity index (χ1n) is 5.15. The summed E-state index contributed by atoms with van der Waals surface area (Å²) in [5.74, 6) is -1.48. The summed E-state index contributed by atoms with van der Waals surface area (Å²) in [6, 6.07) is 3.82. The molecule has 0 fully saturated rings. The maximum atomic E-state index is 11.4. The predicted octanol–water partition coefficient (Wildman–Crippen LogP) is 1.15. The van der Waals surface area contributed by atoms with E-state index in [1.165, 1.54) is 0 Å². The first-order valence-corrected chi connectivity index (χ1v) is 6.73. The molecule has 0 aliphatic rings. The molecule has 0 radical (unpaired) electrons. The lowest BCUT2D eigenvalue weighted by Gasteiger charge is -2.12. The van der Waals surface area contributed by atoms with Gasteiger partial charge in [-0.15, -0.1) is 0 Å². The van der Waals surface area contributed by atoms with Crippen LogP contribution in [-0.4, -0.2) is 41.3 Å². The summed E-state index contributed by atoms with van der Waals surface area (Å²) in [7, 11) is 0. The number of hydrogen-bond acceptors (Lipinski definition) is 4. The number of carboxylic acid groups (broad SMARTS) is 1. The van der Waals surface area contributed by atoms with E-state index >= 15 is 0 Å². The van der Waals surface area contributed by atoms with Crippen molar-refractivity contribution in [2.24, 2.45) is 0 Å². The molecule has 0 aliphatic carbocycles. The fraction of sp³-hybridized carbons (Fsp3) is 0.273. The Morgan fingerprint density at radius 1 is 1.37 bits per heavy atom. The molecular weight excluding hydrogens is 386 g/mol. The minimum absolute atomic E-state index is 0.343. The van der Waals surface area contributed by atoms with Gasteiger partial charge < -0.3 is 20.3 Å². The van der Waals surface area contributed by atoms with Crippen molar-refractivity contribution in [1.29, 1.82) is 0 Å². The highest BCUT2D eigenvalue weighted by molar-refractivity contribution is 9.11. The molecule has 1 amide bonds. The lowest BCUT2D eigenvalue weighted by atomic mass is 10.3. The third kappa shape index (κ3) is 5.17. The molecule has 104 valence electrons. The first kappa shape index (κ1) is 15.9. The van der Waals surface area contributed by atoms with Gasteiger partial charge in [0.05, 0.1) is 11.1 Å². The van der Waals surface area contributed by atoms with E-state index in [1.54, 1.807) is 18.2 Å². The average Bonchev–Trinajstić information content (AvgIpc) is 2.34. The van der Waals surface area contributed by atoms with Crippen LogP contribution in [0.5, 0.6) is 5.75 Å². The molecule has 0 unspecified atom stereocenters. The van der Waals surface area contributed by atoms with E-state index in [0.29, 0.717) is 10.2 Å². The molecule has 0 aliphatic heterocycles. The highest BCUT2D eigenvalue weighted by Crippen LogP contribution is 2.27. The second-order valence-electron chi connectivity index (χ2n) is 3.50. The second kappa shape index (κ2) is 7.46. The molecule has 8 heteroatoms. The van der Waals surface area contributed by atoms with E-state index in [1.807, 2.05) is 0 Å². The van der Waals surface area contributed by atoms with E-state index in [4.69, 9.17) is 14.9 Å². The van der Waals surface area contributed by atoms with Gasteiger partial charge in [0.2, 0.25) is 0 Å². The standard InChI is InChI=1S/C11H11Br2NO5/c12-6-1-2-9(7(13)3-6)19-5-10(16)14-8(4-15)11(17)18/h1-3,8,15H,4-5H2,(H,14,16)(H,17,18)/t8-/m0/s1. The van der Waals surface area contributed by atoms with Crippen LogP contribution in [0.3, 0.4) is 0 Å². The zero-order valence-corrected chi connectivity index (χ0v) is 12.8. The number of carboxylic acids is 1. The van der Waals surface area contributed by atoms with Crippen LogP contribution in [0.15, 0.2) is 27.1 Å². The maximum Gasteiger partial charge on any atom is 0.328 e. The Morgan fingerprint density at radius 3 is 2.58 bits per heavy atom. The Bertz CT molecular complexity index is 480. The van der Waals surface area contributed by atoms with Gasteiger partial charge in [-0.25, -0.2) is 4.79 Å². The maximum absolute atomic E-state index is 11.4. The Morgan fingerprint density at radius 2 is 2.05 bits per heavy atom. The quantitative estimate of drug-likeness (QED) is 0.670. The van der Waals surface area contributed by atoms with Crippen LogP contribution in [0.25, 0.3) is 0 Å². The Labute approximate surface area is 126 Å². The predicted molar refractivity (Wildman–Crippen MR) is 74.0 cm³/mol. The molecule has 1 rings (SSSR count). The Kier molecular flexibility index (Phi) is 6.26. The van der Waals surface area contributed by atoms with Gasteiger partial charge in [0, 0.05) is 4.47 Å². The van der Waals surface area contributed by atoms with Gasteiger partial charge in [0.15, 0.2) is 6.61 Å². The van der Waals surface area contributed by atoms with Crippen LogP contribution in [0.2, 0.25) is 0 Å². The minimum atomic E-state index is -1.33.